The Balaban J connectivity index is 1.42. The van der Waals surface area contributed by atoms with E-state index in [-0.39, 0.29) is 11.5 Å². The Kier molecular flexibility index (Phi) is 19.1. The summed E-state index contributed by atoms with van der Waals surface area (Å²) in [6, 6.07) is 18.3. The molecule has 0 spiro atoms. The van der Waals surface area contributed by atoms with Gasteiger partial charge < -0.3 is 48.1 Å². The highest BCUT2D eigenvalue weighted by atomic mass is 16.6. The molecule has 2 saturated heterocycles. The molecule has 3 aromatic rings. The van der Waals surface area contributed by atoms with Crippen LogP contribution in [0.3, 0.4) is 0 Å². The highest BCUT2D eigenvalue weighted by Crippen LogP contribution is 2.44. The summed E-state index contributed by atoms with van der Waals surface area (Å²) < 4.78 is 45.9. The lowest BCUT2D eigenvalue weighted by molar-refractivity contribution is 0.00206. The van der Waals surface area contributed by atoms with E-state index in [9.17, 15) is 10.2 Å². The first-order valence-corrected chi connectivity index (χ1v) is 19.8. The van der Waals surface area contributed by atoms with Crippen LogP contribution in [0, 0.1) is 13.8 Å². The summed E-state index contributed by atoms with van der Waals surface area (Å²) in [6.45, 7) is 16.2. The van der Waals surface area contributed by atoms with Crippen molar-refractivity contribution in [1.82, 2.24) is 9.80 Å². The summed E-state index contributed by atoms with van der Waals surface area (Å²) in [5.41, 5.74) is 6.13. The van der Waals surface area contributed by atoms with E-state index >= 15 is 0 Å². The summed E-state index contributed by atoms with van der Waals surface area (Å²) in [5, 5.41) is 24.4. The smallest absolute Gasteiger partial charge is 0.124 e. The molecule has 2 aliphatic rings. The van der Waals surface area contributed by atoms with E-state index < -0.39 is 5.92 Å². The average Bonchev–Trinajstić information content (AvgIpc) is 3.20. The Bertz CT molecular complexity index is 1400. The Morgan fingerprint density at radius 3 is 1.09 bits per heavy atom. The maximum Gasteiger partial charge on any atom is 0.124 e. The molecule has 2 N–H and O–H groups in total. The van der Waals surface area contributed by atoms with Crippen molar-refractivity contribution in [3.05, 3.63) is 93.5 Å². The minimum atomic E-state index is -0.428. The van der Waals surface area contributed by atoms with Crippen LogP contribution in [0.1, 0.15) is 44.9 Å². The summed E-state index contributed by atoms with van der Waals surface area (Å²) in [7, 11) is 0. The van der Waals surface area contributed by atoms with Gasteiger partial charge in [0.2, 0.25) is 0 Å². The van der Waals surface area contributed by atoms with Crippen molar-refractivity contribution < 1.29 is 48.1 Å². The molecule has 0 atom stereocenters. The quantitative estimate of drug-likeness (QED) is 0.326. The van der Waals surface area contributed by atoms with Crippen molar-refractivity contribution in [1.29, 1.82) is 0 Å². The lowest BCUT2D eigenvalue weighted by atomic mass is 9.81. The van der Waals surface area contributed by atoms with Crippen LogP contribution in [0.25, 0.3) is 0 Å². The molecule has 0 aromatic heterocycles. The summed E-state index contributed by atoms with van der Waals surface area (Å²) in [5.74, 6) is 0.00579. The third kappa shape index (κ3) is 14.7. The molecule has 55 heavy (non-hydrogen) atoms. The SMILES string of the molecule is Cc1cc(CN2CCOCCOCCOCCOCC2)c(O)c(C(c2ccccc2)c2cc(C)cc(CN3CCOCCOCCOCCOCC3)c2O)c1. The van der Waals surface area contributed by atoms with Gasteiger partial charge in [-0.2, -0.15) is 0 Å². The van der Waals surface area contributed by atoms with Crippen LogP contribution in [-0.4, -0.2) is 152 Å². The van der Waals surface area contributed by atoms with Gasteiger partial charge in [0.15, 0.2) is 0 Å². The molecule has 12 heteroatoms. The number of hydrogen-bond acceptors (Lipinski definition) is 12. The number of phenolic OH excluding ortho intramolecular Hbond substituents is 2. The molecule has 2 heterocycles. The highest BCUT2D eigenvalue weighted by Gasteiger charge is 2.27. The molecule has 12 nitrogen and oxygen atoms in total. The number of phenols is 2. The van der Waals surface area contributed by atoms with E-state index in [1.54, 1.807) is 0 Å². The molecule has 2 fully saturated rings. The fourth-order valence-electron chi connectivity index (χ4n) is 6.94. The van der Waals surface area contributed by atoms with Crippen molar-refractivity contribution >= 4 is 0 Å². The Labute approximate surface area is 327 Å². The van der Waals surface area contributed by atoms with Crippen LogP contribution in [0.15, 0.2) is 54.6 Å². The molecule has 3 aromatic carbocycles. The minimum absolute atomic E-state index is 0.217. The zero-order valence-electron chi connectivity index (χ0n) is 32.9. The van der Waals surface area contributed by atoms with Gasteiger partial charge in [0.25, 0.3) is 0 Å². The zero-order valence-corrected chi connectivity index (χ0v) is 32.9. The van der Waals surface area contributed by atoms with Gasteiger partial charge in [-0.25, -0.2) is 0 Å². The molecule has 5 rings (SSSR count). The fourth-order valence-corrected chi connectivity index (χ4v) is 6.94. The van der Waals surface area contributed by atoms with Crippen LogP contribution in [-0.2, 0) is 51.0 Å². The van der Waals surface area contributed by atoms with E-state index in [2.05, 4.69) is 35.8 Å². The van der Waals surface area contributed by atoms with E-state index in [1.165, 1.54) is 0 Å². The Morgan fingerprint density at radius 2 is 0.764 bits per heavy atom. The van der Waals surface area contributed by atoms with Crippen molar-refractivity contribution in [2.45, 2.75) is 32.9 Å². The van der Waals surface area contributed by atoms with Crippen LogP contribution in [0.2, 0.25) is 0 Å². The molecular formula is C43H62N2O10. The van der Waals surface area contributed by atoms with Crippen molar-refractivity contribution in [2.75, 3.05) is 132 Å². The highest BCUT2D eigenvalue weighted by molar-refractivity contribution is 5.58. The zero-order chi connectivity index (χ0) is 38.5. The Hall–Kier alpha value is -3.14. The molecule has 0 unspecified atom stereocenters. The molecule has 2 aliphatic heterocycles. The number of rotatable bonds is 7. The predicted molar refractivity (Wildman–Crippen MR) is 210 cm³/mol. The molecule has 0 bridgehead atoms. The lowest BCUT2D eigenvalue weighted by Gasteiger charge is -2.28. The van der Waals surface area contributed by atoms with Crippen LogP contribution in [0.5, 0.6) is 11.5 Å². The molecule has 0 aliphatic carbocycles. The predicted octanol–water partition coefficient (Wildman–Crippen LogP) is 4.66. The third-order valence-electron chi connectivity index (χ3n) is 9.71. The van der Waals surface area contributed by atoms with E-state index in [1.807, 2.05) is 42.5 Å². The van der Waals surface area contributed by atoms with Gasteiger partial charge in [-0.05, 0) is 19.4 Å². The van der Waals surface area contributed by atoms with Crippen molar-refractivity contribution in [2.24, 2.45) is 0 Å². The van der Waals surface area contributed by atoms with Crippen LogP contribution in [0.4, 0.5) is 0 Å². The first kappa shape index (κ1) is 43.0. The molecule has 0 amide bonds. The number of aryl methyl sites for hydroxylation is 2. The fraction of sp³-hybridized carbons (Fsp3) is 0.581. The maximum absolute atomic E-state index is 12.2. The van der Waals surface area contributed by atoms with E-state index in [0.717, 1.165) is 38.9 Å². The normalized spacial score (nSPS) is 19.5. The number of ether oxygens (including phenoxy) is 8. The summed E-state index contributed by atoms with van der Waals surface area (Å²) >= 11 is 0. The van der Waals surface area contributed by atoms with Crippen molar-refractivity contribution in [3.8, 4) is 11.5 Å². The number of hydrogen-bond donors (Lipinski definition) is 2. The van der Waals surface area contributed by atoms with Gasteiger partial charge >= 0.3 is 0 Å². The van der Waals surface area contributed by atoms with Gasteiger partial charge in [-0.3, -0.25) is 9.80 Å². The average molecular weight is 767 g/mol. The summed E-state index contributed by atoms with van der Waals surface area (Å²) in [4.78, 5) is 4.49. The lowest BCUT2D eigenvalue weighted by Crippen LogP contribution is -2.31. The minimum Gasteiger partial charge on any atom is -0.507 e. The molecule has 0 saturated carbocycles. The third-order valence-corrected chi connectivity index (χ3v) is 9.71. The first-order chi connectivity index (χ1) is 27.0. The Morgan fingerprint density at radius 1 is 0.455 bits per heavy atom. The van der Waals surface area contributed by atoms with Crippen LogP contribution < -0.4 is 0 Å². The van der Waals surface area contributed by atoms with Gasteiger partial charge in [0.05, 0.1) is 106 Å². The molecule has 0 radical (unpaired) electrons. The van der Waals surface area contributed by atoms with Gasteiger partial charge in [-0.1, -0.05) is 65.7 Å². The standard InChI is InChI=1S/C43H62N2O10/c1-34-28-37(32-44-8-12-48-16-20-52-24-25-53-21-17-49-13-9-44)42(46)39(30-34)41(36-6-4-3-5-7-36)40-31-35(2)29-38(43(40)47)33-45-10-14-50-18-22-54-26-27-55-23-19-51-15-11-45/h3-7,28-31,41,46-47H,8-27,32-33H2,1-2H3. The number of aromatic hydroxyl groups is 2. The van der Waals surface area contributed by atoms with Gasteiger partial charge in [-0.15, -0.1) is 0 Å². The first-order valence-electron chi connectivity index (χ1n) is 19.8. The molecular weight excluding hydrogens is 704 g/mol. The van der Waals surface area contributed by atoms with Gasteiger partial charge in [0, 0.05) is 67.4 Å². The number of nitrogens with zero attached hydrogens (tertiary/aromatic N) is 2. The van der Waals surface area contributed by atoms with E-state index in [4.69, 9.17) is 37.9 Å². The number of benzene rings is 3. The van der Waals surface area contributed by atoms with Gasteiger partial charge in [0.1, 0.15) is 11.5 Å². The second-order valence-corrected chi connectivity index (χ2v) is 14.0. The second kappa shape index (κ2) is 24.5. The second-order valence-electron chi connectivity index (χ2n) is 14.0. The monoisotopic (exact) mass is 766 g/mol. The van der Waals surface area contributed by atoms with Crippen molar-refractivity contribution in [3.63, 3.8) is 0 Å². The molecule has 304 valence electrons. The maximum atomic E-state index is 12.2. The van der Waals surface area contributed by atoms with Crippen LogP contribution >= 0.6 is 0 Å². The summed E-state index contributed by atoms with van der Waals surface area (Å²) in [6.07, 6.45) is 0. The largest absolute Gasteiger partial charge is 0.507 e. The topological polar surface area (TPSA) is 121 Å². The van der Waals surface area contributed by atoms with E-state index in [0.29, 0.717) is 145 Å².